The second-order valence-corrected chi connectivity index (χ2v) is 14.3. The Labute approximate surface area is 233 Å². The number of thioether (sulfide) groups is 2. The van der Waals surface area contributed by atoms with Gasteiger partial charge >= 0.3 is 13.3 Å². The Morgan fingerprint density at radius 3 is 2.14 bits per heavy atom. The first-order chi connectivity index (χ1) is 16.6. The first kappa shape index (κ1) is 29.9. The van der Waals surface area contributed by atoms with Crippen LogP contribution in [0.15, 0.2) is 73.8 Å². The van der Waals surface area contributed by atoms with Gasteiger partial charge in [0.2, 0.25) is 10.0 Å². The minimum atomic E-state index is -5.67. The molecule has 0 radical (unpaired) electrons. The van der Waals surface area contributed by atoms with Gasteiger partial charge in [0.1, 0.15) is 4.90 Å². The molecule has 0 saturated carbocycles. The number of primary sulfonamides is 1. The van der Waals surface area contributed by atoms with E-state index >= 15 is 0 Å². The Kier molecular flexibility index (Phi) is 9.64. The molecule has 15 heteroatoms. The molecule has 0 fully saturated rings. The number of sulfonamides is 1. The van der Waals surface area contributed by atoms with Gasteiger partial charge in [-0.25, -0.2) is 13.6 Å². The molecule has 0 saturated heterocycles. The molecule has 36 heavy (non-hydrogen) atoms. The van der Waals surface area contributed by atoms with Crippen molar-refractivity contribution in [3.05, 3.63) is 85.8 Å². The largest absolute Gasteiger partial charge is 0.399 e. The van der Waals surface area contributed by atoms with Crippen molar-refractivity contribution >= 4 is 80.3 Å². The van der Waals surface area contributed by atoms with E-state index in [-0.39, 0.29) is 14.4 Å². The van der Waals surface area contributed by atoms with Crippen molar-refractivity contribution in [1.29, 1.82) is 0 Å². The number of hydrogen-bond donors (Lipinski definition) is 3. The Hall–Kier alpha value is -0.660. The van der Waals surface area contributed by atoms with E-state index in [0.717, 1.165) is 15.9 Å². The van der Waals surface area contributed by atoms with Crippen LogP contribution in [0.2, 0.25) is 10.0 Å². The van der Waals surface area contributed by atoms with Gasteiger partial charge in [-0.05, 0) is 47.5 Å². The van der Waals surface area contributed by atoms with Crippen molar-refractivity contribution in [2.24, 2.45) is 5.14 Å². The van der Waals surface area contributed by atoms with Crippen molar-refractivity contribution < 1.29 is 31.6 Å². The van der Waals surface area contributed by atoms with Crippen LogP contribution in [0, 0.1) is 0 Å². The van der Waals surface area contributed by atoms with E-state index in [2.05, 4.69) is 15.9 Å². The molecule has 0 atom stereocenters. The van der Waals surface area contributed by atoms with Gasteiger partial charge in [-0.15, -0.1) is 23.5 Å². The minimum Gasteiger partial charge on any atom is -0.320 e. The van der Waals surface area contributed by atoms with Gasteiger partial charge in [0.15, 0.2) is 0 Å². The number of halogens is 5. The van der Waals surface area contributed by atoms with Gasteiger partial charge in [-0.2, -0.15) is 8.78 Å². The highest BCUT2D eigenvalue weighted by Gasteiger charge is 2.51. The van der Waals surface area contributed by atoms with Gasteiger partial charge in [-0.1, -0.05) is 57.3 Å². The Bertz CT molecular complexity index is 1460. The van der Waals surface area contributed by atoms with Crippen LogP contribution < -0.4 is 5.14 Å². The van der Waals surface area contributed by atoms with E-state index in [1.807, 2.05) is 24.3 Å². The number of hydrogen-bond acceptors (Lipinski definition) is 5. The summed E-state index contributed by atoms with van der Waals surface area (Å²) in [6.45, 7) is 0. The summed E-state index contributed by atoms with van der Waals surface area (Å²) in [6, 6.07) is 14.0. The molecule has 4 N–H and O–H groups in total. The van der Waals surface area contributed by atoms with Crippen LogP contribution in [-0.2, 0) is 31.8 Å². The fraction of sp³-hybridized carbons (Fsp3) is 0.143. The topological polar surface area (TPSA) is 118 Å². The van der Waals surface area contributed by atoms with Crippen LogP contribution in [0.1, 0.15) is 16.7 Å². The maximum atomic E-state index is 14.0. The van der Waals surface area contributed by atoms with Crippen molar-refractivity contribution in [2.75, 3.05) is 0 Å². The summed E-state index contributed by atoms with van der Waals surface area (Å²) in [7, 11) is -9.67. The lowest BCUT2D eigenvalue weighted by Gasteiger charge is -2.19. The molecule has 0 aromatic heterocycles. The zero-order valence-corrected chi connectivity index (χ0v) is 24.3. The number of alkyl halides is 2. The summed E-state index contributed by atoms with van der Waals surface area (Å²) in [5.74, 6) is 0.768. The molecule has 0 unspecified atom stereocenters. The molecule has 194 valence electrons. The Morgan fingerprint density at radius 1 is 0.972 bits per heavy atom. The molecule has 0 amide bonds. The van der Waals surface area contributed by atoms with Crippen LogP contribution in [0.5, 0.6) is 0 Å². The van der Waals surface area contributed by atoms with Gasteiger partial charge < -0.3 is 9.79 Å². The van der Waals surface area contributed by atoms with Gasteiger partial charge in [0, 0.05) is 36.4 Å². The maximum Gasteiger partial charge on any atom is 0.399 e. The average Bonchev–Trinajstić information content (AvgIpc) is 2.75. The fourth-order valence-electron chi connectivity index (χ4n) is 2.93. The lowest BCUT2D eigenvalue weighted by Crippen LogP contribution is -2.14. The number of benzene rings is 3. The minimum absolute atomic E-state index is 0.0558. The van der Waals surface area contributed by atoms with E-state index in [9.17, 15) is 21.8 Å². The van der Waals surface area contributed by atoms with Crippen molar-refractivity contribution in [3.8, 4) is 0 Å². The smallest absolute Gasteiger partial charge is 0.320 e. The van der Waals surface area contributed by atoms with Crippen molar-refractivity contribution in [1.82, 2.24) is 0 Å². The van der Waals surface area contributed by atoms with Crippen LogP contribution in [0.25, 0.3) is 0 Å². The summed E-state index contributed by atoms with van der Waals surface area (Å²) in [4.78, 5) is 19.5. The standard InChI is InChI=1S/C21H17BrCl2F2NO5PS3/c22-17-6-12(4-5-16(17)21(25,26)33(28,29)30)10-34-14-2-1-3-15(8-14)35-11-13-7-20(36(27,31)32)19(24)9-18(13)23/h1-9H,10-11H2,(H2,27,31,32)(H2,28,29,30). The zero-order chi connectivity index (χ0) is 26.9. The summed E-state index contributed by atoms with van der Waals surface area (Å²) >= 11 is 18.0. The van der Waals surface area contributed by atoms with Crippen LogP contribution in [-0.4, -0.2) is 18.2 Å². The Morgan fingerprint density at radius 2 is 1.58 bits per heavy atom. The predicted molar refractivity (Wildman–Crippen MR) is 143 cm³/mol. The highest BCUT2D eigenvalue weighted by molar-refractivity contribution is 9.10. The van der Waals surface area contributed by atoms with E-state index < -0.39 is 28.8 Å². The van der Waals surface area contributed by atoms with E-state index in [4.69, 9.17) is 38.1 Å². The van der Waals surface area contributed by atoms with E-state index in [1.165, 1.54) is 47.8 Å². The van der Waals surface area contributed by atoms with Crippen molar-refractivity contribution in [3.63, 3.8) is 0 Å². The van der Waals surface area contributed by atoms with Crippen LogP contribution in [0.3, 0.4) is 0 Å². The fourth-order valence-corrected chi connectivity index (χ4v) is 7.68. The molecule has 0 aliphatic heterocycles. The van der Waals surface area contributed by atoms with E-state index in [0.29, 0.717) is 27.7 Å². The molecule has 0 bridgehead atoms. The van der Waals surface area contributed by atoms with Crippen LogP contribution >= 0.6 is 70.3 Å². The molecule has 0 aliphatic carbocycles. The predicted octanol–water partition coefficient (Wildman–Crippen LogP) is 7.21. The highest BCUT2D eigenvalue weighted by atomic mass is 79.9. The molecular formula is C21H17BrCl2F2NO5PS3. The molecule has 3 aromatic carbocycles. The third-order valence-corrected chi connectivity index (χ3v) is 10.2. The summed E-state index contributed by atoms with van der Waals surface area (Å²) in [5, 5.41) is 5.46. The monoisotopic (exact) mass is 677 g/mol. The Balaban J connectivity index is 1.70. The lowest BCUT2D eigenvalue weighted by molar-refractivity contribution is 0.0557. The zero-order valence-electron chi connectivity index (χ0n) is 17.9. The van der Waals surface area contributed by atoms with Gasteiger partial charge in [-0.3, -0.25) is 4.57 Å². The summed E-state index contributed by atoms with van der Waals surface area (Å²) in [5.41, 5.74) is -3.87. The SMILES string of the molecule is NS(=O)(=O)c1cc(CSc2cccc(SCc3ccc(C(F)(F)P(=O)(O)O)c(Br)c3)c2)c(Cl)cc1Cl. The van der Waals surface area contributed by atoms with Gasteiger partial charge in [0.25, 0.3) is 0 Å². The molecule has 6 nitrogen and oxygen atoms in total. The highest BCUT2D eigenvalue weighted by Crippen LogP contribution is 2.60. The molecule has 3 aromatic rings. The second kappa shape index (κ2) is 11.6. The third kappa shape index (κ3) is 7.25. The van der Waals surface area contributed by atoms with Gasteiger partial charge in [0.05, 0.1) is 5.02 Å². The molecule has 0 aliphatic rings. The average molecular weight is 679 g/mol. The quantitative estimate of drug-likeness (QED) is 0.162. The maximum absolute atomic E-state index is 14.0. The third-order valence-electron chi connectivity index (χ3n) is 4.74. The number of nitrogens with two attached hydrogens (primary N) is 1. The van der Waals surface area contributed by atoms with Crippen molar-refractivity contribution in [2.45, 2.75) is 31.9 Å². The molecule has 0 spiro atoms. The first-order valence-electron chi connectivity index (χ1n) is 9.68. The number of rotatable bonds is 9. The summed E-state index contributed by atoms with van der Waals surface area (Å²) < 4.78 is 62.5. The summed E-state index contributed by atoms with van der Waals surface area (Å²) in [6.07, 6.45) is 0. The van der Waals surface area contributed by atoms with E-state index in [1.54, 1.807) is 0 Å². The molecule has 0 heterocycles. The lowest BCUT2D eigenvalue weighted by atomic mass is 10.1. The molecular weight excluding hydrogens is 662 g/mol. The normalized spacial score (nSPS) is 12.7. The second-order valence-electron chi connectivity index (χ2n) is 7.37. The van der Waals surface area contributed by atoms with Crippen LogP contribution in [0.4, 0.5) is 8.78 Å². The molecule has 3 rings (SSSR count). The first-order valence-corrected chi connectivity index (χ1v) is 16.4.